The Morgan fingerprint density at radius 1 is 0.652 bits per heavy atom. The summed E-state index contributed by atoms with van der Waals surface area (Å²) in [5, 5.41) is 0. The Labute approximate surface area is 145 Å². The molecule has 132 valence electrons. The second-order valence-electron chi connectivity index (χ2n) is 7.06. The first-order chi connectivity index (χ1) is 11.3. The Balaban J connectivity index is 2.22. The van der Waals surface area contributed by atoms with Crippen LogP contribution in [0, 0.1) is 0 Å². The molecule has 0 aliphatic carbocycles. The average molecular weight is 319 g/mol. The number of hydrogen-bond acceptors (Lipinski definition) is 0. The van der Waals surface area contributed by atoms with Crippen LogP contribution in [0.3, 0.4) is 0 Å². The molecule has 0 bridgehead atoms. The highest BCUT2D eigenvalue weighted by atomic mass is 14.9. The van der Waals surface area contributed by atoms with Gasteiger partial charge < -0.3 is 0 Å². The minimum absolute atomic E-state index is 1.19. The minimum atomic E-state index is 1.19. The molecule has 0 saturated heterocycles. The molecule has 0 aliphatic rings. The van der Waals surface area contributed by atoms with E-state index in [1.807, 2.05) is 0 Å². The Hall–Kier alpha value is -0.850. The predicted molar refractivity (Wildman–Crippen MR) is 102 cm³/mol. The summed E-state index contributed by atoms with van der Waals surface area (Å²) >= 11 is 0. The molecule has 0 spiro atoms. The highest BCUT2D eigenvalue weighted by Crippen LogP contribution is 2.12. The smallest absolute Gasteiger partial charge is 0.172 e. The lowest BCUT2D eigenvalue weighted by molar-refractivity contribution is -0.697. The van der Waals surface area contributed by atoms with Crippen LogP contribution in [-0.4, -0.2) is 0 Å². The topological polar surface area (TPSA) is 3.88 Å². The van der Waals surface area contributed by atoms with Crippen molar-refractivity contribution in [1.29, 1.82) is 0 Å². The van der Waals surface area contributed by atoms with Crippen molar-refractivity contribution < 1.29 is 4.57 Å². The van der Waals surface area contributed by atoms with Crippen LogP contribution in [0.4, 0.5) is 0 Å². The van der Waals surface area contributed by atoms with Gasteiger partial charge in [-0.05, 0) is 24.8 Å². The first kappa shape index (κ1) is 20.2. The molecular weight excluding hydrogens is 278 g/mol. The van der Waals surface area contributed by atoms with E-state index in [9.17, 15) is 0 Å². The molecule has 0 amide bonds. The summed E-state index contributed by atoms with van der Waals surface area (Å²) in [4.78, 5) is 0. The van der Waals surface area contributed by atoms with Crippen molar-refractivity contribution in [2.45, 2.75) is 111 Å². The normalized spacial score (nSPS) is 11.1. The zero-order valence-corrected chi connectivity index (χ0v) is 16.1. The number of pyridine rings is 1. The summed E-state index contributed by atoms with van der Waals surface area (Å²) in [7, 11) is 0. The van der Waals surface area contributed by atoms with Crippen LogP contribution in [0.15, 0.2) is 18.5 Å². The maximum Gasteiger partial charge on any atom is 0.172 e. The van der Waals surface area contributed by atoms with E-state index >= 15 is 0 Å². The van der Waals surface area contributed by atoms with Crippen LogP contribution in [0.5, 0.6) is 0 Å². The molecule has 0 saturated carbocycles. The highest BCUT2D eigenvalue weighted by Gasteiger charge is 2.08. The van der Waals surface area contributed by atoms with E-state index in [1.165, 1.54) is 90.0 Å². The van der Waals surface area contributed by atoms with Crippen molar-refractivity contribution in [3.05, 3.63) is 29.6 Å². The third-order valence-corrected chi connectivity index (χ3v) is 4.76. The van der Waals surface area contributed by atoms with Gasteiger partial charge >= 0.3 is 0 Å². The van der Waals surface area contributed by atoms with Gasteiger partial charge in [0, 0.05) is 18.1 Å². The summed E-state index contributed by atoms with van der Waals surface area (Å²) < 4.78 is 2.42. The lowest BCUT2D eigenvalue weighted by Gasteiger charge is -2.07. The molecule has 0 aromatic carbocycles. The van der Waals surface area contributed by atoms with Gasteiger partial charge in [0.2, 0.25) is 0 Å². The fourth-order valence-electron chi connectivity index (χ4n) is 3.37. The Kier molecular flexibility index (Phi) is 11.9. The molecule has 1 nitrogen and oxygen atoms in total. The van der Waals surface area contributed by atoms with E-state index in [1.54, 1.807) is 11.1 Å². The summed E-state index contributed by atoms with van der Waals surface area (Å²) in [6, 6.07) is 2.36. The van der Waals surface area contributed by atoms with Crippen molar-refractivity contribution in [2.24, 2.45) is 0 Å². The summed E-state index contributed by atoms with van der Waals surface area (Å²) in [5.74, 6) is 0. The van der Waals surface area contributed by atoms with E-state index in [-0.39, 0.29) is 0 Å². The summed E-state index contributed by atoms with van der Waals surface area (Å²) in [6.45, 7) is 8.05. The maximum atomic E-state index is 2.42. The Morgan fingerprint density at radius 3 is 1.83 bits per heavy atom. The summed E-state index contributed by atoms with van der Waals surface area (Å²) in [6.07, 6.45) is 22.4. The molecule has 0 atom stereocenters. The number of hydrogen-bond donors (Lipinski definition) is 0. The molecule has 0 radical (unpaired) electrons. The molecule has 1 heteroatoms. The van der Waals surface area contributed by atoms with Crippen LogP contribution in [0.25, 0.3) is 0 Å². The molecule has 0 unspecified atom stereocenters. The standard InChI is InChI=1S/C22H40N/c1-4-7-8-9-10-11-12-13-14-18-23-19-17-21(15-5-2)22(20-23)16-6-3/h17,19-20H,4-16,18H2,1-3H3/q+1. The van der Waals surface area contributed by atoms with Gasteiger partial charge in [-0.25, -0.2) is 4.57 Å². The summed E-state index contributed by atoms with van der Waals surface area (Å²) in [5.41, 5.74) is 3.14. The van der Waals surface area contributed by atoms with Crippen LogP contribution < -0.4 is 4.57 Å². The van der Waals surface area contributed by atoms with Gasteiger partial charge in [0.15, 0.2) is 12.4 Å². The number of aromatic nitrogens is 1. The zero-order chi connectivity index (χ0) is 16.8. The average Bonchev–Trinajstić information content (AvgIpc) is 2.56. The third kappa shape index (κ3) is 9.13. The van der Waals surface area contributed by atoms with Crippen molar-refractivity contribution >= 4 is 0 Å². The maximum absolute atomic E-state index is 2.42. The second kappa shape index (κ2) is 13.6. The van der Waals surface area contributed by atoms with E-state index in [2.05, 4.69) is 43.8 Å². The van der Waals surface area contributed by atoms with Gasteiger partial charge in [0.1, 0.15) is 6.54 Å². The first-order valence-electron chi connectivity index (χ1n) is 10.3. The van der Waals surface area contributed by atoms with Crippen LogP contribution in [-0.2, 0) is 19.4 Å². The third-order valence-electron chi connectivity index (χ3n) is 4.76. The van der Waals surface area contributed by atoms with Crippen LogP contribution in [0.2, 0.25) is 0 Å². The second-order valence-corrected chi connectivity index (χ2v) is 7.06. The van der Waals surface area contributed by atoms with Crippen molar-refractivity contribution in [3.8, 4) is 0 Å². The van der Waals surface area contributed by atoms with Crippen LogP contribution >= 0.6 is 0 Å². The number of aryl methyl sites for hydroxylation is 3. The van der Waals surface area contributed by atoms with Gasteiger partial charge in [0.25, 0.3) is 0 Å². The highest BCUT2D eigenvalue weighted by molar-refractivity contribution is 5.21. The minimum Gasteiger partial charge on any atom is -0.205 e. The fraction of sp³-hybridized carbons (Fsp3) is 0.773. The SMILES string of the molecule is CCCCCCCCCCC[n+]1ccc(CCC)c(CCC)c1. The molecule has 0 aliphatic heterocycles. The van der Waals surface area contributed by atoms with Crippen molar-refractivity contribution in [3.63, 3.8) is 0 Å². The number of unbranched alkanes of at least 4 members (excludes halogenated alkanes) is 8. The molecule has 1 aromatic rings. The van der Waals surface area contributed by atoms with Gasteiger partial charge in [0.05, 0.1) is 0 Å². The fourth-order valence-corrected chi connectivity index (χ4v) is 3.37. The van der Waals surface area contributed by atoms with Gasteiger partial charge in [-0.15, -0.1) is 0 Å². The number of rotatable bonds is 14. The van der Waals surface area contributed by atoms with Crippen LogP contribution in [0.1, 0.15) is 103 Å². The molecule has 1 aromatic heterocycles. The lowest BCUT2D eigenvalue weighted by Crippen LogP contribution is -2.33. The molecule has 1 heterocycles. The van der Waals surface area contributed by atoms with Gasteiger partial charge in [-0.2, -0.15) is 0 Å². The number of nitrogens with zero attached hydrogens (tertiary/aromatic N) is 1. The quantitative estimate of drug-likeness (QED) is 0.275. The van der Waals surface area contributed by atoms with E-state index in [4.69, 9.17) is 0 Å². The molecule has 0 fully saturated rings. The van der Waals surface area contributed by atoms with E-state index < -0.39 is 0 Å². The van der Waals surface area contributed by atoms with Gasteiger partial charge in [-0.1, -0.05) is 78.6 Å². The Bertz CT molecular complexity index is 397. The monoisotopic (exact) mass is 318 g/mol. The zero-order valence-electron chi connectivity index (χ0n) is 16.1. The predicted octanol–water partition coefficient (Wildman–Crippen LogP) is 6.41. The van der Waals surface area contributed by atoms with Crippen molar-refractivity contribution in [2.75, 3.05) is 0 Å². The molecular formula is C22H40N+. The molecule has 23 heavy (non-hydrogen) atoms. The van der Waals surface area contributed by atoms with Gasteiger partial charge in [-0.3, -0.25) is 0 Å². The Morgan fingerprint density at radius 2 is 1.22 bits per heavy atom. The molecule has 1 rings (SSSR count). The largest absolute Gasteiger partial charge is 0.205 e. The van der Waals surface area contributed by atoms with Crippen molar-refractivity contribution in [1.82, 2.24) is 0 Å². The van der Waals surface area contributed by atoms with E-state index in [0.717, 1.165) is 0 Å². The molecule has 0 N–H and O–H groups in total. The first-order valence-corrected chi connectivity index (χ1v) is 10.3. The lowest BCUT2D eigenvalue weighted by atomic mass is 10.0. The van der Waals surface area contributed by atoms with E-state index in [0.29, 0.717) is 0 Å².